The molecule has 3 amide bonds. The lowest BCUT2D eigenvalue weighted by Crippen LogP contribution is -2.62. The van der Waals surface area contributed by atoms with Crippen molar-refractivity contribution in [2.75, 3.05) is 25.6 Å². The van der Waals surface area contributed by atoms with Crippen LogP contribution in [-0.2, 0) is 16.1 Å². The summed E-state index contributed by atoms with van der Waals surface area (Å²) in [5.41, 5.74) is 1.58. The summed E-state index contributed by atoms with van der Waals surface area (Å²) in [6, 6.07) is 14.9. The smallest absolute Gasteiger partial charge is 0.257 e. The molecule has 2 aromatic carbocycles. The topological polar surface area (TPSA) is 70.2 Å². The van der Waals surface area contributed by atoms with Crippen LogP contribution < -0.4 is 9.64 Å². The first-order valence-corrected chi connectivity index (χ1v) is 11.0. The van der Waals surface area contributed by atoms with E-state index in [0.717, 1.165) is 11.3 Å². The number of nitrogens with zero attached hydrogens (tertiary/aromatic N) is 3. The number of rotatable bonds is 7. The number of ether oxygens (including phenoxy) is 1. The van der Waals surface area contributed by atoms with Crippen LogP contribution in [-0.4, -0.2) is 53.9 Å². The van der Waals surface area contributed by atoms with Crippen LogP contribution >= 0.6 is 0 Å². The van der Waals surface area contributed by atoms with Gasteiger partial charge in [0.15, 0.2) is 0 Å². The Morgan fingerprint density at radius 3 is 2.56 bits per heavy atom. The number of carbonyl (C=O) groups is 3. The van der Waals surface area contributed by atoms with E-state index < -0.39 is 5.66 Å². The number of para-hydroxylation sites is 1. The van der Waals surface area contributed by atoms with E-state index in [-0.39, 0.29) is 17.7 Å². The van der Waals surface area contributed by atoms with Gasteiger partial charge in [0.2, 0.25) is 11.8 Å². The molecular weight excluding hydrogens is 406 g/mol. The van der Waals surface area contributed by atoms with Crippen LogP contribution in [0.25, 0.3) is 0 Å². The third-order valence-corrected chi connectivity index (χ3v) is 6.52. The van der Waals surface area contributed by atoms with E-state index >= 15 is 0 Å². The van der Waals surface area contributed by atoms with Crippen molar-refractivity contribution in [2.24, 2.45) is 0 Å². The Kier molecular flexibility index (Phi) is 5.91. The van der Waals surface area contributed by atoms with Gasteiger partial charge in [-0.25, -0.2) is 0 Å². The number of hydrogen-bond acceptors (Lipinski definition) is 4. The number of anilines is 1. The van der Waals surface area contributed by atoms with E-state index in [0.29, 0.717) is 50.0 Å². The first-order chi connectivity index (χ1) is 15.3. The number of carbonyl (C=O) groups excluding carboxylic acids is 3. The summed E-state index contributed by atoms with van der Waals surface area (Å²) in [5.74, 6) is 0.763. The predicted octanol–water partition coefficient (Wildman–Crippen LogP) is 3.43. The molecule has 0 aliphatic carbocycles. The molecule has 4 rings (SSSR count). The molecule has 32 heavy (non-hydrogen) atoms. The second-order valence-corrected chi connectivity index (χ2v) is 8.62. The maximum Gasteiger partial charge on any atom is 0.257 e. The van der Waals surface area contributed by atoms with Crippen molar-refractivity contribution in [1.82, 2.24) is 9.80 Å². The maximum absolute atomic E-state index is 13.3. The molecule has 0 bridgehead atoms. The maximum atomic E-state index is 13.3. The largest absolute Gasteiger partial charge is 0.497 e. The molecule has 2 heterocycles. The highest BCUT2D eigenvalue weighted by atomic mass is 16.5. The summed E-state index contributed by atoms with van der Waals surface area (Å²) in [6.45, 7) is 2.89. The summed E-state index contributed by atoms with van der Waals surface area (Å²) in [6.07, 6.45) is 1.88. The molecule has 1 saturated heterocycles. The molecule has 1 atom stereocenters. The Labute approximate surface area is 188 Å². The van der Waals surface area contributed by atoms with Crippen molar-refractivity contribution in [2.45, 2.75) is 44.8 Å². The number of fused-ring (bicyclic) bond motifs is 3. The lowest BCUT2D eigenvalue weighted by molar-refractivity contribution is -0.130. The minimum atomic E-state index is -0.680. The van der Waals surface area contributed by atoms with Crippen molar-refractivity contribution < 1.29 is 19.1 Å². The van der Waals surface area contributed by atoms with Crippen LogP contribution in [0.15, 0.2) is 48.5 Å². The third kappa shape index (κ3) is 3.83. The highest BCUT2D eigenvalue weighted by molar-refractivity contribution is 6.10. The van der Waals surface area contributed by atoms with E-state index in [4.69, 9.17) is 4.74 Å². The molecule has 2 aliphatic heterocycles. The lowest BCUT2D eigenvalue weighted by atomic mass is 9.98. The molecule has 168 valence electrons. The first-order valence-electron chi connectivity index (χ1n) is 11.0. The SMILES string of the molecule is COc1ccc(CN(C)C(=O)CCCN2C(=O)c3ccccc3N3C(=O)CCC23C)cc1. The van der Waals surface area contributed by atoms with Crippen molar-refractivity contribution in [1.29, 1.82) is 0 Å². The van der Waals surface area contributed by atoms with Gasteiger partial charge in [0, 0.05) is 33.0 Å². The van der Waals surface area contributed by atoms with E-state index in [2.05, 4.69) is 0 Å². The molecule has 2 aromatic rings. The van der Waals surface area contributed by atoms with Crippen molar-refractivity contribution in [3.05, 3.63) is 59.7 Å². The predicted molar refractivity (Wildman–Crippen MR) is 121 cm³/mol. The van der Waals surface area contributed by atoms with E-state index in [1.165, 1.54) is 0 Å². The third-order valence-electron chi connectivity index (χ3n) is 6.52. The van der Waals surface area contributed by atoms with Gasteiger partial charge in [-0.05, 0) is 49.6 Å². The zero-order valence-corrected chi connectivity index (χ0v) is 18.8. The van der Waals surface area contributed by atoms with Gasteiger partial charge in [0.05, 0.1) is 18.4 Å². The fourth-order valence-corrected chi connectivity index (χ4v) is 4.71. The molecule has 7 heteroatoms. The molecule has 0 radical (unpaired) electrons. The van der Waals surface area contributed by atoms with Crippen LogP contribution in [0.2, 0.25) is 0 Å². The van der Waals surface area contributed by atoms with E-state index in [1.807, 2.05) is 49.4 Å². The highest BCUT2D eigenvalue weighted by Gasteiger charge is 2.52. The minimum absolute atomic E-state index is 0.0233. The molecule has 1 fully saturated rings. The summed E-state index contributed by atoms with van der Waals surface area (Å²) in [7, 11) is 3.41. The number of hydrogen-bond donors (Lipinski definition) is 0. The van der Waals surface area contributed by atoms with Crippen molar-refractivity contribution >= 4 is 23.4 Å². The monoisotopic (exact) mass is 435 g/mol. The summed E-state index contributed by atoms with van der Waals surface area (Å²) in [5, 5.41) is 0. The minimum Gasteiger partial charge on any atom is -0.497 e. The van der Waals surface area contributed by atoms with Gasteiger partial charge in [0.1, 0.15) is 11.4 Å². The molecule has 1 unspecified atom stereocenters. The summed E-state index contributed by atoms with van der Waals surface area (Å²) >= 11 is 0. The van der Waals surface area contributed by atoms with Crippen LogP contribution in [0.5, 0.6) is 5.75 Å². The fourth-order valence-electron chi connectivity index (χ4n) is 4.71. The van der Waals surface area contributed by atoms with Gasteiger partial charge < -0.3 is 14.5 Å². The number of benzene rings is 2. The summed E-state index contributed by atoms with van der Waals surface area (Å²) < 4.78 is 5.17. The number of amides is 3. The van der Waals surface area contributed by atoms with Crippen molar-refractivity contribution in [3.63, 3.8) is 0 Å². The quantitative estimate of drug-likeness (QED) is 0.668. The summed E-state index contributed by atoms with van der Waals surface area (Å²) in [4.78, 5) is 43.8. The molecule has 0 N–H and O–H groups in total. The van der Waals surface area contributed by atoms with Crippen LogP contribution in [0, 0.1) is 0 Å². The normalized spacial score (nSPS) is 19.6. The molecule has 0 saturated carbocycles. The Bertz CT molecular complexity index is 1040. The zero-order valence-electron chi connectivity index (χ0n) is 18.8. The van der Waals surface area contributed by atoms with Crippen LogP contribution in [0.1, 0.15) is 48.5 Å². The lowest BCUT2D eigenvalue weighted by Gasteiger charge is -2.48. The average molecular weight is 436 g/mol. The second kappa shape index (κ2) is 8.65. The number of methoxy groups -OCH3 is 1. The van der Waals surface area contributed by atoms with Gasteiger partial charge >= 0.3 is 0 Å². The second-order valence-electron chi connectivity index (χ2n) is 8.62. The molecule has 0 aromatic heterocycles. The van der Waals surface area contributed by atoms with E-state index in [9.17, 15) is 14.4 Å². The Morgan fingerprint density at radius 1 is 1.12 bits per heavy atom. The first kappa shape index (κ1) is 21.9. The standard InChI is InChI=1S/C25H29N3O4/c1-25-15-14-23(30)28(25)21-8-5-4-7-20(21)24(31)27(25)16-6-9-22(29)26(2)17-18-10-12-19(32-3)13-11-18/h4-5,7-8,10-13H,6,9,14-17H2,1-3H3. The van der Waals surface area contributed by atoms with Crippen LogP contribution in [0.3, 0.4) is 0 Å². The van der Waals surface area contributed by atoms with Gasteiger partial charge in [-0.2, -0.15) is 0 Å². The Hall–Kier alpha value is -3.35. The zero-order chi connectivity index (χ0) is 22.9. The average Bonchev–Trinajstić information content (AvgIpc) is 3.11. The van der Waals surface area contributed by atoms with Gasteiger partial charge in [-0.3, -0.25) is 19.3 Å². The van der Waals surface area contributed by atoms with Crippen LogP contribution in [0.4, 0.5) is 5.69 Å². The van der Waals surface area contributed by atoms with E-state index in [1.54, 1.807) is 34.9 Å². The Morgan fingerprint density at radius 2 is 1.84 bits per heavy atom. The van der Waals surface area contributed by atoms with Gasteiger partial charge in [-0.1, -0.05) is 24.3 Å². The molecule has 2 aliphatic rings. The van der Waals surface area contributed by atoms with Gasteiger partial charge in [-0.15, -0.1) is 0 Å². The molecule has 0 spiro atoms. The van der Waals surface area contributed by atoms with Crippen molar-refractivity contribution in [3.8, 4) is 5.75 Å². The van der Waals surface area contributed by atoms with Gasteiger partial charge in [0.25, 0.3) is 5.91 Å². The molecular formula is C25H29N3O4. The highest BCUT2D eigenvalue weighted by Crippen LogP contribution is 2.44. The molecule has 7 nitrogen and oxygen atoms in total. The Balaban J connectivity index is 1.40. The fraction of sp³-hybridized carbons (Fsp3) is 0.400.